The number of nitrogens with zero attached hydrogens (tertiary/aromatic N) is 1. The third kappa shape index (κ3) is 4.06. The smallest absolute Gasteiger partial charge is 0.247 e. The van der Waals surface area contributed by atoms with E-state index in [4.69, 9.17) is 4.74 Å². The Hall–Kier alpha value is -2.45. The van der Waals surface area contributed by atoms with Crippen molar-refractivity contribution in [2.24, 2.45) is 5.92 Å². The van der Waals surface area contributed by atoms with Gasteiger partial charge in [0.25, 0.3) is 0 Å². The molecule has 168 valence electrons. The number of hydrogen-bond donors (Lipinski definition) is 3. The molecule has 2 aromatic rings. The number of hydrogen-bond acceptors (Lipinski definition) is 4. The molecule has 1 aromatic carbocycles. The average molecular weight is 431 g/mol. The van der Waals surface area contributed by atoms with E-state index in [1.165, 1.54) is 19.2 Å². The van der Waals surface area contributed by atoms with Crippen molar-refractivity contribution in [2.45, 2.75) is 50.2 Å². The van der Waals surface area contributed by atoms with E-state index >= 15 is 0 Å². The van der Waals surface area contributed by atoms with Crippen LogP contribution in [0.25, 0.3) is 10.9 Å². The highest BCUT2D eigenvalue weighted by Crippen LogP contribution is 2.48. The van der Waals surface area contributed by atoms with Crippen molar-refractivity contribution in [1.29, 1.82) is 0 Å². The normalized spacial score (nSPS) is 24.9. The minimum absolute atomic E-state index is 0.0783. The predicted molar refractivity (Wildman–Crippen MR) is 116 cm³/mol. The molecule has 1 aliphatic heterocycles. The van der Waals surface area contributed by atoms with Crippen molar-refractivity contribution in [3.8, 4) is 0 Å². The van der Waals surface area contributed by atoms with Crippen LogP contribution in [-0.2, 0) is 14.3 Å². The van der Waals surface area contributed by atoms with Gasteiger partial charge in [0.2, 0.25) is 11.8 Å². The molecule has 1 saturated carbocycles. The molecule has 1 aromatic heterocycles. The third-order valence-corrected chi connectivity index (χ3v) is 6.98. The van der Waals surface area contributed by atoms with Gasteiger partial charge in [-0.25, -0.2) is 4.39 Å². The van der Waals surface area contributed by atoms with E-state index in [1.54, 1.807) is 14.0 Å². The van der Waals surface area contributed by atoms with E-state index in [2.05, 4.69) is 15.6 Å². The van der Waals surface area contributed by atoms with Crippen molar-refractivity contribution in [1.82, 2.24) is 20.5 Å². The molecule has 1 saturated heterocycles. The number of likely N-dealkylation sites (tertiary alicyclic amines) is 1. The monoisotopic (exact) mass is 430 g/mol. The van der Waals surface area contributed by atoms with Gasteiger partial charge >= 0.3 is 0 Å². The first-order valence-corrected chi connectivity index (χ1v) is 11.0. The average Bonchev–Trinajstić information content (AvgIpc) is 3.46. The Morgan fingerprint density at radius 2 is 2.13 bits per heavy atom. The molecule has 2 amide bonds. The summed E-state index contributed by atoms with van der Waals surface area (Å²) >= 11 is 0. The summed E-state index contributed by atoms with van der Waals surface area (Å²) in [6.45, 7) is 2.56. The number of amides is 2. The zero-order valence-electron chi connectivity index (χ0n) is 18.3. The lowest BCUT2D eigenvalue weighted by atomic mass is 9.91. The highest BCUT2D eigenvalue weighted by molar-refractivity contribution is 5.90. The summed E-state index contributed by atoms with van der Waals surface area (Å²) in [5.41, 5.74) is 1.92. The van der Waals surface area contributed by atoms with Gasteiger partial charge in [0.1, 0.15) is 11.9 Å². The van der Waals surface area contributed by atoms with Gasteiger partial charge in [0.05, 0.1) is 12.6 Å². The number of likely N-dealkylation sites (N-methyl/N-ethyl adjacent to an activating group) is 1. The number of nitrogens with one attached hydrogen (secondary N) is 3. The summed E-state index contributed by atoms with van der Waals surface area (Å²) in [6, 6.07) is 3.77. The van der Waals surface area contributed by atoms with Crippen molar-refractivity contribution < 1.29 is 18.7 Å². The van der Waals surface area contributed by atoms with E-state index < -0.39 is 12.1 Å². The molecule has 2 heterocycles. The van der Waals surface area contributed by atoms with E-state index in [1.807, 2.05) is 17.2 Å². The standard InChI is InChI=1S/C23H31FN4O3/c1-13(25-2)22(29)27-20(12-31-3)23(30)28-9-8-14-4-6-17(21(14)28)18-11-26-19-10-15(24)5-7-16(18)19/h5,7,10-11,13-14,17,20-21,25-26H,4,6,8-9,12H2,1-3H3,(H,27,29). The van der Waals surface area contributed by atoms with Crippen LogP contribution in [0.4, 0.5) is 4.39 Å². The number of methoxy groups -OCH3 is 1. The molecule has 2 aliphatic rings. The molecule has 5 atom stereocenters. The number of benzene rings is 1. The fourth-order valence-corrected chi connectivity index (χ4v) is 5.30. The molecule has 5 unspecified atom stereocenters. The second-order valence-electron chi connectivity index (χ2n) is 8.72. The van der Waals surface area contributed by atoms with Gasteiger partial charge in [-0.05, 0) is 62.9 Å². The summed E-state index contributed by atoms with van der Waals surface area (Å²) in [5.74, 6) is 0.0381. The Kier molecular flexibility index (Phi) is 6.29. The fraction of sp³-hybridized carbons (Fsp3) is 0.565. The first kappa shape index (κ1) is 21.8. The predicted octanol–water partition coefficient (Wildman–Crippen LogP) is 2.14. The van der Waals surface area contributed by atoms with E-state index in [9.17, 15) is 14.0 Å². The maximum atomic E-state index is 13.6. The molecular weight excluding hydrogens is 399 g/mol. The Labute approximate surface area is 181 Å². The topological polar surface area (TPSA) is 86.5 Å². The van der Waals surface area contributed by atoms with Gasteiger partial charge in [0.15, 0.2) is 0 Å². The molecular formula is C23H31FN4O3. The highest BCUT2D eigenvalue weighted by atomic mass is 19.1. The number of aromatic amines is 1. The maximum Gasteiger partial charge on any atom is 0.247 e. The Bertz CT molecular complexity index is 961. The van der Waals surface area contributed by atoms with Gasteiger partial charge < -0.3 is 25.3 Å². The van der Waals surface area contributed by atoms with Gasteiger partial charge in [0, 0.05) is 42.7 Å². The first-order chi connectivity index (χ1) is 14.9. The van der Waals surface area contributed by atoms with E-state index in [0.29, 0.717) is 12.5 Å². The number of H-pyrrole nitrogens is 1. The minimum Gasteiger partial charge on any atom is -0.382 e. The molecule has 1 aliphatic carbocycles. The second kappa shape index (κ2) is 8.96. The lowest BCUT2D eigenvalue weighted by molar-refractivity contribution is -0.139. The van der Waals surface area contributed by atoms with Crippen LogP contribution in [0.3, 0.4) is 0 Å². The highest BCUT2D eigenvalue weighted by Gasteiger charge is 2.48. The summed E-state index contributed by atoms with van der Waals surface area (Å²) in [4.78, 5) is 31.0. The van der Waals surface area contributed by atoms with Crippen LogP contribution >= 0.6 is 0 Å². The Balaban J connectivity index is 1.58. The number of carbonyl (C=O) groups excluding carboxylic acids is 2. The fourth-order valence-electron chi connectivity index (χ4n) is 5.30. The van der Waals surface area contributed by atoms with Crippen LogP contribution in [0.1, 0.15) is 37.7 Å². The lowest BCUT2D eigenvalue weighted by Gasteiger charge is -2.32. The number of carbonyl (C=O) groups is 2. The summed E-state index contributed by atoms with van der Waals surface area (Å²) in [5, 5.41) is 6.75. The molecule has 0 radical (unpaired) electrons. The van der Waals surface area contributed by atoms with Crippen LogP contribution in [0.5, 0.6) is 0 Å². The van der Waals surface area contributed by atoms with E-state index in [0.717, 1.165) is 35.7 Å². The maximum absolute atomic E-state index is 13.6. The van der Waals surface area contributed by atoms with Gasteiger partial charge in [-0.15, -0.1) is 0 Å². The Morgan fingerprint density at radius 3 is 2.87 bits per heavy atom. The molecule has 2 fully saturated rings. The zero-order chi connectivity index (χ0) is 22.1. The Morgan fingerprint density at radius 1 is 1.32 bits per heavy atom. The summed E-state index contributed by atoms with van der Waals surface area (Å²) < 4.78 is 18.9. The van der Waals surface area contributed by atoms with Crippen LogP contribution in [-0.4, -0.2) is 67.1 Å². The zero-order valence-corrected chi connectivity index (χ0v) is 18.3. The molecule has 0 bridgehead atoms. The largest absolute Gasteiger partial charge is 0.382 e. The molecule has 3 N–H and O–H groups in total. The van der Waals surface area contributed by atoms with Gasteiger partial charge in [-0.2, -0.15) is 0 Å². The number of aromatic nitrogens is 1. The van der Waals surface area contributed by atoms with Crippen molar-refractivity contribution >= 4 is 22.7 Å². The summed E-state index contributed by atoms with van der Waals surface area (Å²) in [6.07, 6.45) is 4.97. The number of halogens is 1. The van der Waals surface area contributed by atoms with Crippen LogP contribution in [0.2, 0.25) is 0 Å². The van der Waals surface area contributed by atoms with Crippen LogP contribution in [0.15, 0.2) is 24.4 Å². The van der Waals surface area contributed by atoms with E-state index in [-0.39, 0.29) is 36.2 Å². The molecule has 7 nitrogen and oxygen atoms in total. The molecule has 31 heavy (non-hydrogen) atoms. The van der Waals surface area contributed by atoms with Gasteiger partial charge in [-0.3, -0.25) is 9.59 Å². The van der Waals surface area contributed by atoms with Gasteiger partial charge in [-0.1, -0.05) is 0 Å². The molecule has 0 spiro atoms. The van der Waals surface area contributed by atoms with Crippen LogP contribution < -0.4 is 10.6 Å². The van der Waals surface area contributed by atoms with Crippen LogP contribution in [0, 0.1) is 11.7 Å². The number of ether oxygens (including phenoxy) is 1. The number of fused-ring (bicyclic) bond motifs is 2. The summed E-state index contributed by atoms with van der Waals surface area (Å²) in [7, 11) is 3.24. The molecule has 4 rings (SSSR count). The quantitative estimate of drug-likeness (QED) is 0.628. The minimum atomic E-state index is -0.717. The second-order valence-corrected chi connectivity index (χ2v) is 8.72. The van der Waals surface area contributed by atoms with Crippen molar-refractivity contribution in [2.75, 3.05) is 27.3 Å². The SMILES string of the molecule is CNC(C)C(=O)NC(COC)C(=O)N1CCC2CCC(c3c[nH]c4cc(F)ccc34)C21. The lowest BCUT2D eigenvalue weighted by Crippen LogP contribution is -2.55. The van der Waals surface area contributed by atoms with Crippen molar-refractivity contribution in [3.05, 3.63) is 35.8 Å². The molecule has 8 heteroatoms. The third-order valence-electron chi connectivity index (χ3n) is 6.98. The van der Waals surface area contributed by atoms with Crippen molar-refractivity contribution in [3.63, 3.8) is 0 Å². The first-order valence-electron chi connectivity index (χ1n) is 11.0. The number of rotatable bonds is 7.